The topological polar surface area (TPSA) is 61.4 Å². The summed E-state index contributed by atoms with van der Waals surface area (Å²) in [5.74, 6) is -0.102. The predicted octanol–water partition coefficient (Wildman–Crippen LogP) is 2.30. The van der Waals surface area contributed by atoms with Crippen molar-refractivity contribution >= 4 is 11.9 Å². The highest BCUT2D eigenvalue weighted by molar-refractivity contribution is 5.85. The maximum absolute atomic E-state index is 12.9. The molecule has 1 saturated carbocycles. The standard InChI is InChI=1S/C16H18F3N3O2/c17-16(18,19)12-3-1-2-11(8-12)14(10-4-5-10)21-15(24)22-7-6-20-13(23)9-22/h1-3,8,10,14H,4-7,9H2,(H,20,23)(H,21,24). The van der Waals surface area contributed by atoms with E-state index >= 15 is 0 Å². The van der Waals surface area contributed by atoms with Crippen LogP contribution in [0, 0.1) is 5.92 Å². The highest BCUT2D eigenvalue weighted by Gasteiger charge is 2.37. The molecular formula is C16H18F3N3O2. The Hall–Kier alpha value is -2.25. The Kier molecular flexibility index (Phi) is 4.38. The molecule has 1 aromatic rings. The Balaban J connectivity index is 1.76. The number of urea groups is 1. The summed E-state index contributed by atoms with van der Waals surface area (Å²) in [5.41, 5.74) is -0.278. The zero-order valence-electron chi connectivity index (χ0n) is 12.9. The maximum atomic E-state index is 12.9. The monoisotopic (exact) mass is 341 g/mol. The average molecular weight is 341 g/mol. The number of benzene rings is 1. The van der Waals surface area contributed by atoms with Crippen molar-refractivity contribution in [2.24, 2.45) is 5.92 Å². The fourth-order valence-electron chi connectivity index (χ4n) is 2.85. The molecule has 1 aliphatic heterocycles. The van der Waals surface area contributed by atoms with E-state index in [0.717, 1.165) is 25.0 Å². The van der Waals surface area contributed by atoms with E-state index in [4.69, 9.17) is 0 Å². The van der Waals surface area contributed by atoms with Crippen LogP contribution in [0.25, 0.3) is 0 Å². The molecule has 0 bridgehead atoms. The second kappa shape index (κ2) is 6.33. The Bertz CT molecular complexity index is 644. The molecule has 1 unspecified atom stereocenters. The summed E-state index contributed by atoms with van der Waals surface area (Å²) in [7, 11) is 0. The van der Waals surface area contributed by atoms with Crippen LogP contribution in [0.1, 0.15) is 30.0 Å². The summed E-state index contributed by atoms with van der Waals surface area (Å²) in [4.78, 5) is 25.1. The smallest absolute Gasteiger partial charge is 0.353 e. The molecule has 0 spiro atoms. The number of hydrogen-bond donors (Lipinski definition) is 2. The van der Waals surface area contributed by atoms with Crippen LogP contribution in [-0.2, 0) is 11.0 Å². The van der Waals surface area contributed by atoms with Crippen molar-refractivity contribution in [3.63, 3.8) is 0 Å². The highest BCUT2D eigenvalue weighted by atomic mass is 19.4. The van der Waals surface area contributed by atoms with Gasteiger partial charge in [-0.15, -0.1) is 0 Å². The van der Waals surface area contributed by atoms with E-state index < -0.39 is 23.8 Å². The SMILES string of the molecule is O=C1CN(C(=O)NC(c2cccc(C(F)(F)F)c2)C2CC2)CCN1. The first-order chi connectivity index (χ1) is 11.3. The van der Waals surface area contributed by atoms with Crippen LogP contribution in [0.4, 0.5) is 18.0 Å². The molecule has 3 rings (SSSR count). The van der Waals surface area contributed by atoms with E-state index in [1.807, 2.05) is 0 Å². The van der Waals surface area contributed by atoms with Crippen LogP contribution in [0.2, 0.25) is 0 Å². The zero-order chi connectivity index (χ0) is 17.3. The molecule has 1 saturated heterocycles. The van der Waals surface area contributed by atoms with Gasteiger partial charge >= 0.3 is 12.2 Å². The van der Waals surface area contributed by atoms with Crippen LogP contribution in [0.5, 0.6) is 0 Å². The number of carbonyl (C=O) groups excluding carboxylic acids is 2. The van der Waals surface area contributed by atoms with Gasteiger partial charge in [0.1, 0.15) is 6.54 Å². The molecule has 2 fully saturated rings. The Labute approximate surface area is 137 Å². The third-order valence-electron chi connectivity index (χ3n) is 4.27. The first-order valence-electron chi connectivity index (χ1n) is 7.84. The van der Waals surface area contributed by atoms with E-state index in [-0.39, 0.29) is 18.4 Å². The second-order valence-corrected chi connectivity index (χ2v) is 6.16. The quantitative estimate of drug-likeness (QED) is 0.886. The summed E-state index contributed by atoms with van der Waals surface area (Å²) < 4.78 is 38.7. The number of carbonyl (C=O) groups is 2. The lowest BCUT2D eigenvalue weighted by Gasteiger charge is -2.29. The van der Waals surface area contributed by atoms with Crippen LogP contribution < -0.4 is 10.6 Å². The second-order valence-electron chi connectivity index (χ2n) is 6.16. The molecule has 1 heterocycles. The van der Waals surface area contributed by atoms with Crippen molar-refractivity contribution in [3.8, 4) is 0 Å². The summed E-state index contributed by atoms with van der Waals surface area (Å²) >= 11 is 0. The number of alkyl halides is 3. The van der Waals surface area contributed by atoms with Crippen molar-refractivity contribution in [2.45, 2.75) is 25.1 Å². The van der Waals surface area contributed by atoms with Crippen LogP contribution >= 0.6 is 0 Å². The number of hydrogen-bond acceptors (Lipinski definition) is 2. The van der Waals surface area contributed by atoms with Crippen molar-refractivity contribution in [1.29, 1.82) is 0 Å². The third-order valence-corrected chi connectivity index (χ3v) is 4.27. The number of halogens is 3. The molecule has 1 aliphatic carbocycles. The minimum atomic E-state index is -4.42. The molecule has 5 nitrogen and oxygen atoms in total. The van der Waals surface area contributed by atoms with E-state index in [2.05, 4.69) is 10.6 Å². The lowest BCUT2D eigenvalue weighted by Crippen LogP contribution is -2.53. The van der Waals surface area contributed by atoms with Gasteiger partial charge in [0.05, 0.1) is 11.6 Å². The highest BCUT2D eigenvalue weighted by Crippen LogP contribution is 2.42. The maximum Gasteiger partial charge on any atom is 0.416 e. The van der Waals surface area contributed by atoms with Gasteiger partial charge in [0.15, 0.2) is 0 Å². The molecule has 1 aromatic carbocycles. The van der Waals surface area contributed by atoms with Crippen LogP contribution in [0.3, 0.4) is 0 Å². The van der Waals surface area contributed by atoms with Crippen molar-refractivity contribution in [1.82, 2.24) is 15.5 Å². The number of amides is 3. The minimum Gasteiger partial charge on any atom is -0.353 e. The number of piperazine rings is 1. The van der Waals surface area contributed by atoms with Gasteiger partial charge in [-0.1, -0.05) is 12.1 Å². The number of nitrogens with zero attached hydrogens (tertiary/aromatic N) is 1. The third kappa shape index (κ3) is 3.80. The van der Waals surface area contributed by atoms with Gasteiger partial charge in [0, 0.05) is 13.1 Å². The Morgan fingerprint density at radius 2 is 2.08 bits per heavy atom. The van der Waals surface area contributed by atoms with Crippen molar-refractivity contribution in [3.05, 3.63) is 35.4 Å². The first kappa shape index (κ1) is 16.6. The van der Waals surface area contributed by atoms with Gasteiger partial charge in [-0.3, -0.25) is 4.79 Å². The van der Waals surface area contributed by atoms with Crippen molar-refractivity contribution in [2.75, 3.05) is 19.6 Å². The fourth-order valence-corrected chi connectivity index (χ4v) is 2.85. The predicted molar refractivity (Wildman–Crippen MR) is 80.0 cm³/mol. The summed E-state index contributed by atoms with van der Waals surface area (Å²) in [6, 6.07) is 4.18. The molecule has 0 aromatic heterocycles. The van der Waals surface area contributed by atoms with E-state index in [1.54, 1.807) is 6.07 Å². The minimum absolute atomic E-state index is 0.0359. The Morgan fingerprint density at radius 1 is 1.33 bits per heavy atom. The lowest BCUT2D eigenvalue weighted by atomic mass is 10.00. The van der Waals surface area contributed by atoms with Crippen molar-refractivity contribution < 1.29 is 22.8 Å². The number of rotatable bonds is 3. The number of nitrogens with one attached hydrogen (secondary N) is 2. The fraction of sp³-hybridized carbons (Fsp3) is 0.500. The summed E-state index contributed by atoms with van der Waals surface area (Å²) in [6.45, 7) is 0.729. The lowest BCUT2D eigenvalue weighted by molar-refractivity contribution is -0.137. The van der Waals surface area contributed by atoms with Gasteiger partial charge in [-0.05, 0) is 36.5 Å². The van der Waals surface area contributed by atoms with E-state index in [1.165, 1.54) is 11.0 Å². The van der Waals surface area contributed by atoms with Gasteiger partial charge in [-0.25, -0.2) is 4.79 Å². The van der Waals surface area contributed by atoms with Gasteiger partial charge in [-0.2, -0.15) is 13.2 Å². The summed E-state index contributed by atoms with van der Waals surface area (Å²) in [5, 5.41) is 5.43. The molecule has 24 heavy (non-hydrogen) atoms. The molecule has 8 heteroatoms. The normalized spacial score (nSPS) is 19.6. The molecular weight excluding hydrogens is 323 g/mol. The van der Waals surface area contributed by atoms with Gasteiger partial charge in [0.25, 0.3) is 0 Å². The van der Waals surface area contributed by atoms with Gasteiger partial charge in [0.2, 0.25) is 5.91 Å². The van der Waals surface area contributed by atoms with Crippen LogP contribution in [-0.4, -0.2) is 36.5 Å². The molecule has 3 amide bonds. The zero-order valence-corrected chi connectivity index (χ0v) is 12.9. The first-order valence-corrected chi connectivity index (χ1v) is 7.84. The van der Waals surface area contributed by atoms with Gasteiger partial charge < -0.3 is 15.5 Å². The van der Waals surface area contributed by atoms with E-state index in [0.29, 0.717) is 18.7 Å². The molecule has 2 aliphatic rings. The molecule has 1 atom stereocenters. The summed E-state index contributed by atoms with van der Waals surface area (Å²) in [6.07, 6.45) is -2.69. The van der Waals surface area contributed by atoms with Crippen LogP contribution in [0.15, 0.2) is 24.3 Å². The molecule has 0 radical (unpaired) electrons. The van der Waals surface area contributed by atoms with E-state index in [9.17, 15) is 22.8 Å². The Morgan fingerprint density at radius 3 is 2.71 bits per heavy atom. The largest absolute Gasteiger partial charge is 0.416 e. The molecule has 2 N–H and O–H groups in total. The average Bonchev–Trinajstić information content (AvgIpc) is 3.36. The molecule has 130 valence electrons.